The van der Waals surface area contributed by atoms with Crippen molar-refractivity contribution in [1.82, 2.24) is 15.0 Å². The Balaban J connectivity index is 1.61. The molecule has 6 nitrogen and oxygen atoms in total. The molecule has 1 N–H and O–H groups in total. The highest BCUT2D eigenvalue weighted by Crippen LogP contribution is 2.29. The summed E-state index contributed by atoms with van der Waals surface area (Å²) in [5.41, 5.74) is 2.89. The van der Waals surface area contributed by atoms with Gasteiger partial charge in [0.25, 0.3) is 5.91 Å². The Kier molecular flexibility index (Phi) is 5.38. The van der Waals surface area contributed by atoms with Crippen LogP contribution in [0.4, 0.5) is 5.69 Å². The van der Waals surface area contributed by atoms with Gasteiger partial charge in [-0.1, -0.05) is 41.4 Å². The van der Waals surface area contributed by atoms with E-state index in [-0.39, 0.29) is 5.91 Å². The maximum Gasteiger partial charge on any atom is 0.255 e. The largest absolute Gasteiger partial charge is 0.492 e. The van der Waals surface area contributed by atoms with E-state index < -0.39 is 0 Å². The number of nitrogens with zero attached hydrogens (tertiary/aromatic N) is 3. The van der Waals surface area contributed by atoms with Gasteiger partial charge in [-0.2, -0.15) is 4.80 Å². The van der Waals surface area contributed by atoms with Crippen molar-refractivity contribution in [3.63, 3.8) is 0 Å². The molecule has 0 saturated heterocycles. The molecule has 0 saturated carbocycles. The molecule has 0 aliphatic carbocycles. The third-order valence-corrected chi connectivity index (χ3v) is 4.81. The molecule has 0 bridgehead atoms. The Hall–Kier alpha value is -3.09. The maximum absolute atomic E-state index is 12.6. The fourth-order valence-corrected chi connectivity index (χ4v) is 3.26. The number of anilines is 1. The number of carbonyl (C=O) groups is 1. The van der Waals surface area contributed by atoms with Crippen LogP contribution in [-0.4, -0.2) is 27.5 Å². The molecule has 29 heavy (non-hydrogen) atoms. The van der Waals surface area contributed by atoms with Crippen LogP contribution in [-0.2, 0) is 0 Å². The lowest BCUT2D eigenvalue weighted by atomic mass is 10.2. The minimum atomic E-state index is -0.341. The van der Waals surface area contributed by atoms with Gasteiger partial charge in [0, 0.05) is 5.56 Å². The lowest BCUT2D eigenvalue weighted by molar-refractivity contribution is 0.102. The van der Waals surface area contributed by atoms with E-state index >= 15 is 0 Å². The van der Waals surface area contributed by atoms with Crippen molar-refractivity contribution < 1.29 is 9.53 Å². The first-order valence-electron chi connectivity index (χ1n) is 8.91. The molecule has 1 heterocycles. The number of aromatic nitrogens is 3. The number of para-hydroxylation sites is 1. The lowest BCUT2D eigenvalue weighted by Crippen LogP contribution is -2.12. The molecule has 146 valence electrons. The SMILES string of the molecule is CCOc1ccc(C(=O)Nc2cc3nn(-c4ccccc4)nc3cc2Cl)cc1Cl. The van der Waals surface area contributed by atoms with Crippen LogP contribution in [0.25, 0.3) is 16.7 Å². The quantitative estimate of drug-likeness (QED) is 0.465. The summed E-state index contributed by atoms with van der Waals surface area (Å²) in [6.07, 6.45) is 0. The number of ether oxygens (including phenoxy) is 1. The number of halogens is 2. The first-order chi connectivity index (χ1) is 14.0. The standard InChI is InChI=1S/C21H16Cl2N4O2/c1-2-29-20-9-8-13(10-16(20)23)21(28)24-17-12-19-18(11-15(17)22)25-27(26-19)14-6-4-3-5-7-14/h3-12H,2H2,1H3,(H,24,28). The third-order valence-electron chi connectivity index (χ3n) is 4.20. The van der Waals surface area contributed by atoms with Gasteiger partial charge >= 0.3 is 0 Å². The second-order valence-electron chi connectivity index (χ2n) is 6.18. The van der Waals surface area contributed by atoms with Crippen LogP contribution < -0.4 is 10.1 Å². The first-order valence-corrected chi connectivity index (χ1v) is 9.66. The molecular formula is C21H16Cl2N4O2. The fourth-order valence-electron chi connectivity index (χ4n) is 2.82. The minimum Gasteiger partial charge on any atom is -0.492 e. The van der Waals surface area contributed by atoms with Gasteiger partial charge in [-0.25, -0.2) is 0 Å². The molecule has 0 aliphatic rings. The molecule has 1 amide bonds. The normalized spacial score (nSPS) is 10.9. The Labute approximate surface area is 177 Å². The number of carbonyl (C=O) groups excluding carboxylic acids is 1. The number of nitrogens with one attached hydrogen (secondary N) is 1. The summed E-state index contributed by atoms with van der Waals surface area (Å²) in [7, 11) is 0. The van der Waals surface area contributed by atoms with E-state index in [1.54, 1.807) is 30.3 Å². The number of rotatable bonds is 5. The number of amides is 1. The summed E-state index contributed by atoms with van der Waals surface area (Å²) in [6.45, 7) is 2.35. The van der Waals surface area contributed by atoms with Gasteiger partial charge in [-0.3, -0.25) is 4.79 Å². The zero-order chi connectivity index (χ0) is 20.4. The van der Waals surface area contributed by atoms with E-state index in [2.05, 4.69) is 15.5 Å². The van der Waals surface area contributed by atoms with Crippen LogP contribution in [0.5, 0.6) is 5.75 Å². The van der Waals surface area contributed by atoms with Crippen molar-refractivity contribution in [2.45, 2.75) is 6.92 Å². The molecule has 0 spiro atoms. The maximum atomic E-state index is 12.6. The van der Waals surface area contributed by atoms with Crippen molar-refractivity contribution in [2.24, 2.45) is 0 Å². The predicted molar refractivity (Wildman–Crippen MR) is 114 cm³/mol. The van der Waals surface area contributed by atoms with E-state index in [4.69, 9.17) is 27.9 Å². The fraction of sp³-hybridized carbons (Fsp3) is 0.0952. The van der Waals surface area contributed by atoms with Gasteiger partial charge in [0.1, 0.15) is 16.8 Å². The molecule has 8 heteroatoms. The van der Waals surface area contributed by atoms with Gasteiger partial charge in [0.05, 0.1) is 28.0 Å². The van der Waals surface area contributed by atoms with E-state index in [1.807, 2.05) is 37.3 Å². The van der Waals surface area contributed by atoms with Crippen LogP contribution in [0, 0.1) is 0 Å². The van der Waals surface area contributed by atoms with Crippen molar-refractivity contribution in [2.75, 3.05) is 11.9 Å². The summed E-state index contributed by atoms with van der Waals surface area (Å²) in [5, 5.41) is 12.4. The van der Waals surface area contributed by atoms with Gasteiger partial charge < -0.3 is 10.1 Å². The van der Waals surface area contributed by atoms with Gasteiger partial charge in [-0.05, 0) is 49.4 Å². The van der Waals surface area contributed by atoms with Crippen LogP contribution >= 0.6 is 23.2 Å². The highest BCUT2D eigenvalue weighted by atomic mass is 35.5. The predicted octanol–water partition coefficient (Wildman–Crippen LogP) is 5.38. The highest BCUT2D eigenvalue weighted by molar-refractivity contribution is 6.35. The number of hydrogen-bond donors (Lipinski definition) is 1. The van der Waals surface area contributed by atoms with E-state index in [9.17, 15) is 4.79 Å². The number of hydrogen-bond acceptors (Lipinski definition) is 4. The molecule has 0 radical (unpaired) electrons. The van der Waals surface area contributed by atoms with E-state index in [0.717, 1.165) is 5.69 Å². The lowest BCUT2D eigenvalue weighted by Gasteiger charge is -2.09. The average Bonchev–Trinajstić information content (AvgIpc) is 3.13. The second-order valence-corrected chi connectivity index (χ2v) is 6.99. The molecule has 4 aromatic rings. The summed E-state index contributed by atoms with van der Waals surface area (Å²) >= 11 is 12.5. The van der Waals surface area contributed by atoms with Crippen LogP contribution in [0.3, 0.4) is 0 Å². The van der Waals surface area contributed by atoms with Gasteiger partial charge in [0.15, 0.2) is 0 Å². The zero-order valence-electron chi connectivity index (χ0n) is 15.4. The molecule has 4 rings (SSSR count). The molecule has 0 atom stereocenters. The van der Waals surface area contributed by atoms with E-state index in [1.165, 1.54) is 4.80 Å². The molecular weight excluding hydrogens is 411 g/mol. The average molecular weight is 427 g/mol. The van der Waals surface area contributed by atoms with Crippen molar-refractivity contribution in [3.8, 4) is 11.4 Å². The molecule has 3 aromatic carbocycles. The van der Waals surface area contributed by atoms with Gasteiger partial charge in [-0.15, -0.1) is 10.2 Å². The topological polar surface area (TPSA) is 69.0 Å². The first kappa shape index (κ1) is 19.2. The van der Waals surface area contributed by atoms with Crippen molar-refractivity contribution in [1.29, 1.82) is 0 Å². The summed E-state index contributed by atoms with van der Waals surface area (Å²) in [6, 6.07) is 17.8. The van der Waals surface area contributed by atoms with Gasteiger partial charge in [0.2, 0.25) is 0 Å². The van der Waals surface area contributed by atoms with Crippen LogP contribution in [0.15, 0.2) is 60.7 Å². The zero-order valence-corrected chi connectivity index (χ0v) is 16.9. The van der Waals surface area contributed by atoms with Crippen LogP contribution in [0.1, 0.15) is 17.3 Å². The summed E-state index contributed by atoms with van der Waals surface area (Å²) < 4.78 is 5.39. The van der Waals surface area contributed by atoms with E-state index in [0.29, 0.717) is 44.7 Å². The molecule has 1 aromatic heterocycles. The Bertz CT molecular complexity index is 1190. The molecule has 0 fully saturated rings. The van der Waals surface area contributed by atoms with Crippen LogP contribution in [0.2, 0.25) is 10.0 Å². The Morgan fingerprint density at radius 3 is 2.41 bits per heavy atom. The molecule has 0 unspecified atom stereocenters. The molecule has 0 aliphatic heterocycles. The minimum absolute atomic E-state index is 0.341. The Morgan fingerprint density at radius 1 is 1.00 bits per heavy atom. The Morgan fingerprint density at radius 2 is 1.72 bits per heavy atom. The smallest absolute Gasteiger partial charge is 0.255 e. The monoisotopic (exact) mass is 426 g/mol. The second kappa shape index (κ2) is 8.11. The third kappa shape index (κ3) is 4.04. The van der Waals surface area contributed by atoms with Crippen molar-refractivity contribution in [3.05, 3.63) is 76.3 Å². The summed E-state index contributed by atoms with van der Waals surface area (Å²) in [5.74, 6) is 0.189. The van der Waals surface area contributed by atoms with Crippen molar-refractivity contribution >= 4 is 45.8 Å². The number of fused-ring (bicyclic) bond motifs is 1. The highest BCUT2D eigenvalue weighted by Gasteiger charge is 2.14. The summed E-state index contributed by atoms with van der Waals surface area (Å²) in [4.78, 5) is 14.2. The number of benzene rings is 3.